The molecular formula is C31H33N5O3. The predicted octanol–water partition coefficient (Wildman–Crippen LogP) is 4.58. The molecule has 4 heterocycles. The molecule has 2 aromatic carbocycles. The maximum Gasteiger partial charge on any atom is 0.229 e. The Morgan fingerprint density at radius 1 is 0.949 bits per heavy atom. The molecule has 0 N–H and O–H groups in total. The number of carbonyl (C=O) groups excluding carboxylic acids is 2. The Hall–Kier alpha value is -4.04. The quantitative estimate of drug-likeness (QED) is 0.389. The molecular weight excluding hydrogens is 490 g/mol. The van der Waals surface area contributed by atoms with Crippen molar-refractivity contribution in [1.82, 2.24) is 19.9 Å². The SMILES string of the molecule is CC(=O)N1CCC2CCC(CN(C(=O)Cc3noc4ccccc34)Cc3ccccc31)N2Cc1ccncc1. The van der Waals surface area contributed by atoms with E-state index in [9.17, 15) is 9.59 Å². The van der Waals surface area contributed by atoms with Crippen molar-refractivity contribution in [3.8, 4) is 0 Å². The summed E-state index contributed by atoms with van der Waals surface area (Å²) >= 11 is 0. The number of carbonyl (C=O) groups is 2. The topological polar surface area (TPSA) is 82.8 Å². The molecule has 2 aliphatic rings. The monoisotopic (exact) mass is 523 g/mol. The van der Waals surface area contributed by atoms with Crippen LogP contribution in [0.25, 0.3) is 11.0 Å². The molecule has 0 spiro atoms. The molecule has 1 fully saturated rings. The largest absolute Gasteiger partial charge is 0.356 e. The number of hydrogen-bond donors (Lipinski definition) is 0. The molecule has 2 amide bonds. The van der Waals surface area contributed by atoms with Crippen molar-refractivity contribution in [2.24, 2.45) is 0 Å². The molecule has 200 valence electrons. The van der Waals surface area contributed by atoms with Crippen molar-refractivity contribution in [2.45, 2.75) is 57.8 Å². The van der Waals surface area contributed by atoms with Crippen LogP contribution in [-0.2, 0) is 29.1 Å². The van der Waals surface area contributed by atoms with Crippen molar-refractivity contribution in [2.75, 3.05) is 18.0 Å². The Kier molecular flexibility index (Phi) is 7.11. The van der Waals surface area contributed by atoms with Crippen LogP contribution in [0.2, 0.25) is 0 Å². The fourth-order valence-electron chi connectivity index (χ4n) is 6.15. The summed E-state index contributed by atoms with van der Waals surface area (Å²) < 4.78 is 5.49. The first-order chi connectivity index (χ1) is 19.1. The molecule has 2 unspecified atom stereocenters. The first-order valence-electron chi connectivity index (χ1n) is 13.7. The van der Waals surface area contributed by atoms with Crippen LogP contribution in [-0.4, -0.2) is 56.9 Å². The van der Waals surface area contributed by atoms with E-state index in [1.165, 1.54) is 5.56 Å². The highest BCUT2D eigenvalue weighted by atomic mass is 16.5. The minimum Gasteiger partial charge on any atom is -0.356 e. The molecule has 4 aromatic rings. The molecule has 1 saturated heterocycles. The number of pyridine rings is 1. The third-order valence-electron chi connectivity index (χ3n) is 8.15. The van der Waals surface area contributed by atoms with E-state index in [-0.39, 0.29) is 24.3 Å². The molecule has 8 nitrogen and oxygen atoms in total. The molecule has 2 aliphatic heterocycles. The van der Waals surface area contributed by atoms with Gasteiger partial charge in [0.2, 0.25) is 11.8 Å². The van der Waals surface area contributed by atoms with Gasteiger partial charge in [-0.15, -0.1) is 0 Å². The van der Waals surface area contributed by atoms with Crippen LogP contribution >= 0.6 is 0 Å². The minimum atomic E-state index is 0.00443. The first kappa shape index (κ1) is 25.2. The predicted molar refractivity (Wildman–Crippen MR) is 149 cm³/mol. The van der Waals surface area contributed by atoms with Gasteiger partial charge < -0.3 is 14.3 Å². The summed E-state index contributed by atoms with van der Waals surface area (Å²) in [5.74, 6) is 0.0219. The molecule has 0 radical (unpaired) electrons. The number of hydrogen-bond acceptors (Lipinski definition) is 6. The molecule has 6 rings (SSSR count). The van der Waals surface area contributed by atoms with E-state index < -0.39 is 0 Å². The summed E-state index contributed by atoms with van der Waals surface area (Å²) in [6.45, 7) is 4.11. The Bertz CT molecular complexity index is 1470. The fraction of sp³-hybridized carbons (Fsp3) is 0.355. The summed E-state index contributed by atoms with van der Waals surface area (Å²) in [4.78, 5) is 37.4. The summed E-state index contributed by atoms with van der Waals surface area (Å²) in [6, 6.07) is 20.3. The van der Waals surface area contributed by atoms with Gasteiger partial charge >= 0.3 is 0 Å². The van der Waals surface area contributed by atoms with Gasteiger partial charge in [0.1, 0.15) is 5.69 Å². The molecule has 2 aromatic heterocycles. The van der Waals surface area contributed by atoms with Gasteiger partial charge in [0.05, 0.1) is 6.42 Å². The number of anilines is 1. The number of rotatable bonds is 4. The molecule has 8 heteroatoms. The van der Waals surface area contributed by atoms with E-state index in [0.717, 1.165) is 42.4 Å². The second kappa shape index (κ2) is 11.0. The van der Waals surface area contributed by atoms with Gasteiger partial charge in [-0.2, -0.15) is 0 Å². The van der Waals surface area contributed by atoms with E-state index >= 15 is 0 Å². The fourth-order valence-corrected chi connectivity index (χ4v) is 6.15. The van der Waals surface area contributed by atoms with Crippen molar-refractivity contribution < 1.29 is 14.1 Å². The highest BCUT2D eigenvalue weighted by Crippen LogP contribution is 2.33. The maximum atomic E-state index is 14.0. The number of fused-ring (bicyclic) bond motifs is 4. The molecule has 39 heavy (non-hydrogen) atoms. The number of para-hydroxylation sites is 2. The van der Waals surface area contributed by atoms with E-state index in [1.807, 2.05) is 70.7 Å². The molecule has 0 aliphatic carbocycles. The third-order valence-corrected chi connectivity index (χ3v) is 8.15. The van der Waals surface area contributed by atoms with E-state index in [4.69, 9.17) is 4.52 Å². The van der Waals surface area contributed by atoms with Crippen LogP contribution in [0.5, 0.6) is 0 Å². The zero-order valence-corrected chi connectivity index (χ0v) is 22.2. The number of nitrogens with zero attached hydrogens (tertiary/aromatic N) is 5. The van der Waals surface area contributed by atoms with Gasteiger partial charge in [0, 0.05) is 68.7 Å². The van der Waals surface area contributed by atoms with Crippen molar-refractivity contribution in [3.63, 3.8) is 0 Å². The van der Waals surface area contributed by atoms with E-state index in [1.54, 1.807) is 6.92 Å². The molecule has 2 atom stereocenters. The van der Waals surface area contributed by atoms with E-state index in [2.05, 4.69) is 27.2 Å². The summed E-state index contributed by atoms with van der Waals surface area (Å²) in [5, 5.41) is 5.09. The lowest BCUT2D eigenvalue weighted by molar-refractivity contribution is -0.132. The normalized spacial score (nSPS) is 20.0. The lowest BCUT2D eigenvalue weighted by Crippen LogP contribution is -2.45. The molecule has 2 bridgehead atoms. The third kappa shape index (κ3) is 5.29. The van der Waals surface area contributed by atoms with Crippen molar-refractivity contribution in [3.05, 3.63) is 89.9 Å². The van der Waals surface area contributed by atoms with E-state index in [0.29, 0.717) is 37.0 Å². The minimum absolute atomic E-state index is 0.00443. The average Bonchev–Trinajstić information content (AvgIpc) is 3.52. The number of aromatic nitrogens is 2. The lowest BCUT2D eigenvalue weighted by Gasteiger charge is -2.34. The second-order valence-electron chi connectivity index (χ2n) is 10.6. The first-order valence-corrected chi connectivity index (χ1v) is 13.7. The Morgan fingerprint density at radius 3 is 2.56 bits per heavy atom. The van der Waals surface area contributed by atoms with Gasteiger partial charge in [0.15, 0.2) is 5.58 Å². The van der Waals surface area contributed by atoms with Gasteiger partial charge in [0.25, 0.3) is 0 Å². The zero-order valence-electron chi connectivity index (χ0n) is 22.2. The van der Waals surface area contributed by atoms with Crippen molar-refractivity contribution >= 4 is 28.5 Å². The molecule has 0 saturated carbocycles. The summed E-state index contributed by atoms with van der Waals surface area (Å²) in [5.41, 5.74) is 4.40. The smallest absolute Gasteiger partial charge is 0.229 e. The second-order valence-corrected chi connectivity index (χ2v) is 10.6. The highest BCUT2D eigenvalue weighted by molar-refractivity contribution is 5.92. The van der Waals surface area contributed by atoms with Crippen LogP contribution in [0.3, 0.4) is 0 Å². The van der Waals surface area contributed by atoms with Crippen LogP contribution in [0, 0.1) is 0 Å². The lowest BCUT2D eigenvalue weighted by atomic mass is 10.1. The highest BCUT2D eigenvalue weighted by Gasteiger charge is 2.36. The summed E-state index contributed by atoms with van der Waals surface area (Å²) in [7, 11) is 0. The van der Waals surface area contributed by atoms with Gasteiger partial charge in [-0.1, -0.05) is 35.5 Å². The van der Waals surface area contributed by atoms with Gasteiger partial charge in [-0.25, -0.2) is 0 Å². The van der Waals surface area contributed by atoms with Crippen molar-refractivity contribution in [1.29, 1.82) is 0 Å². The number of benzene rings is 2. The van der Waals surface area contributed by atoms with Crippen LogP contribution in [0.4, 0.5) is 5.69 Å². The standard InChI is InChI=1S/C31H33N5O3/c1-22(37)35-17-14-25-10-11-26(36(25)19-23-12-15-32-16-13-23)21-34(20-24-6-2-4-8-29(24)35)31(38)18-28-27-7-3-5-9-30(27)39-33-28/h2-9,12-13,15-16,25-26H,10-11,14,17-21H2,1H3. The maximum absolute atomic E-state index is 14.0. The van der Waals surface area contributed by atoms with Gasteiger partial charge in [-0.3, -0.25) is 19.5 Å². The summed E-state index contributed by atoms with van der Waals surface area (Å²) in [6.07, 6.45) is 6.75. The van der Waals surface area contributed by atoms with Crippen LogP contribution in [0.15, 0.2) is 77.6 Å². The van der Waals surface area contributed by atoms with Gasteiger partial charge in [-0.05, 0) is 60.7 Å². The van der Waals surface area contributed by atoms with Crippen LogP contribution in [0.1, 0.15) is 43.0 Å². The Morgan fingerprint density at radius 2 is 1.72 bits per heavy atom. The van der Waals surface area contributed by atoms with Crippen LogP contribution < -0.4 is 4.90 Å². The Balaban J connectivity index is 1.35. The Labute approximate surface area is 228 Å². The average molecular weight is 524 g/mol. The number of amides is 2. The zero-order chi connectivity index (χ0) is 26.8.